The average molecular weight is 435 g/mol. The quantitative estimate of drug-likeness (QED) is 0.268. The van der Waals surface area contributed by atoms with Crippen LogP contribution in [-0.2, 0) is 6.42 Å². The molecule has 2 fully saturated rings. The van der Waals surface area contributed by atoms with Gasteiger partial charge in [-0.05, 0) is 111 Å². The highest BCUT2D eigenvalue weighted by Crippen LogP contribution is 2.44. The van der Waals surface area contributed by atoms with E-state index in [-0.39, 0.29) is 0 Å². The Labute approximate surface area is 199 Å². The predicted molar refractivity (Wildman–Crippen MR) is 140 cm³/mol. The Morgan fingerprint density at radius 2 is 1.22 bits per heavy atom. The highest BCUT2D eigenvalue weighted by atomic mass is 14.4. The maximum Gasteiger partial charge on any atom is -0.0162 e. The van der Waals surface area contributed by atoms with Crippen molar-refractivity contribution >= 4 is 0 Å². The summed E-state index contributed by atoms with van der Waals surface area (Å²) >= 11 is 0. The van der Waals surface area contributed by atoms with E-state index in [1.807, 2.05) is 0 Å². The minimum Gasteiger partial charge on any atom is -0.0849 e. The first-order valence-electron chi connectivity index (χ1n) is 14.5. The molecule has 0 aliphatic heterocycles. The van der Waals surface area contributed by atoms with Gasteiger partial charge in [0.1, 0.15) is 0 Å². The maximum absolute atomic E-state index is 2.68. The van der Waals surface area contributed by atoms with Crippen LogP contribution in [0.4, 0.5) is 0 Å². The molecule has 0 radical (unpaired) electrons. The molecule has 0 nitrogen and oxygen atoms in total. The molecule has 0 spiro atoms. The molecule has 0 amide bonds. The van der Waals surface area contributed by atoms with Gasteiger partial charge in [0.2, 0.25) is 0 Å². The Morgan fingerprint density at radius 1 is 0.625 bits per heavy atom. The SMILES string of the molecule is CCCCCc1ccc(C2CCC(C3C=CC(C4CCC(CCC)CC4)CC3)CC2)cc1. The van der Waals surface area contributed by atoms with Crippen molar-refractivity contribution in [3.8, 4) is 0 Å². The Kier molecular flexibility index (Phi) is 9.36. The van der Waals surface area contributed by atoms with Gasteiger partial charge >= 0.3 is 0 Å². The van der Waals surface area contributed by atoms with E-state index < -0.39 is 0 Å². The molecule has 0 heterocycles. The first-order valence-corrected chi connectivity index (χ1v) is 14.5. The molecule has 4 rings (SSSR count). The molecule has 0 N–H and O–H groups in total. The Morgan fingerprint density at radius 3 is 1.75 bits per heavy atom. The van der Waals surface area contributed by atoms with Gasteiger partial charge < -0.3 is 0 Å². The molecule has 2 atom stereocenters. The first kappa shape index (κ1) is 24.1. The van der Waals surface area contributed by atoms with Crippen molar-refractivity contribution < 1.29 is 0 Å². The second kappa shape index (κ2) is 12.4. The van der Waals surface area contributed by atoms with Crippen LogP contribution in [-0.4, -0.2) is 0 Å². The van der Waals surface area contributed by atoms with E-state index >= 15 is 0 Å². The lowest BCUT2D eigenvalue weighted by Gasteiger charge is -2.38. The molecular weight excluding hydrogens is 384 g/mol. The van der Waals surface area contributed by atoms with Gasteiger partial charge in [-0.25, -0.2) is 0 Å². The number of aryl methyl sites for hydroxylation is 1. The summed E-state index contributed by atoms with van der Waals surface area (Å²) in [6.07, 6.45) is 28.2. The summed E-state index contributed by atoms with van der Waals surface area (Å²) in [5.41, 5.74) is 3.15. The molecule has 0 aromatic heterocycles. The van der Waals surface area contributed by atoms with Crippen LogP contribution in [0.1, 0.15) is 127 Å². The summed E-state index contributed by atoms with van der Waals surface area (Å²) in [5, 5.41) is 0. The lowest BCUT2D eigenvalue weighted by molar-refractivity contribution is 0.187. The Balaban J connectivity index is 1.20. The Hall–Kier alpha value is -1.04. The summed E-state index contributed by atoms with van der Waals surface area (Å²) in [6, 6.07) is 9.73. The third kappa shape index (κ3) is 6.51. The zero-order valence-corrected chi connectivity index (χ0v) is 21.2. The Bertz CT molecular complexity index is 666. The lowest BCUT2D eigenvalue weighted by Crippen LogP contribution is -2.26. The summed E-state index contributed by atoms with van der Waals surface area (Å²) in [6.45, 7) is 4.65. The third-order valence-corrected chi connectivity index (χ3v) is 9.53. The van der Waals surface area contributed by atoms with E-state index in [1.165, 1.54) is 108 Å². The van der Waals surface area contributed by atoms with Crippen molar-refractivity contribution in [3.05, 3.63) is 47.5 Å². The molecule has 0 bridgehead atoms. The van der Waals surface area contributed by atoms with Crippen LogP contribution in [0.2, 0.25) is 0 Å². The van der Waals surface area contributed by atoms with Crippen molar-refractivity contribution in [2.24, 2.45) is 29.6 Å². The molecule has 0 heteroatoms. The van der Waals surface area contributed by atoms with Crippen LogP contribution in [0.3, 0.4) is 0 Å². The minimum absolute atomic E-state index is 0.814. The summed E-state index contributed by atoms with van der Waals surface area (Å²) < 4.78 is 0. The predicted octanol–water partition coefficient (Wildman–Crippen LogP) is 9.88. The molecular formula is C32H50. The highest BCUT2D eigenvalue weighted by Gasteiger charge is 2.32. The van der Waals surface area contributed by atoms with Crippen molar-refractivity contribution in [3.63, 3.8) is 0 Å². The van der Waals surface area contributed by atoms with E-state index in [4.69, 9.17) is 0 Å². The smallest absolute Gasteiger partial charge is 0.0162 e. The second-order valence-electron chi connectivity index (χ2n) is 11.7. The van der Waals surface area contributed by atoms with Gasteiger partial charge in [-0.3, -0.25) is 0 Å². The van der Waals surface area contributed by atoms with Gasteiger partial charge in [0.25, 0.3) is 0 Å². The number of allylic oxidation sites excluding steroid dienone is 2. The monoisotopic (exact) mass is 434 g/mol. The number of hydrogen-bond donors (Lipinski definition) is 0. The van der Waals surface area contributed by atoms with Crippen LogP contribution in [0.15, 0.2) is 36.4 Å². The zero-order valence-electron chi connectivity index (χ0n) is 21.2. The number of hydrogen-bond acceptors (Lipinski definition) is 0. The summed E-state index contributed by atoms with van der Waals surface area (Å²) in [7, 11) is 0. The second-order valence-corrected chi connectivity index (χ2v) is 11.7. The lowest BCUT2D eigenvalue weighted by atomic mass is 9.67. The number of rotatable bonds is 9. The van der Waals surface area contributed by atoms with Gasteiger partial charge in [-0.1, -0.05) is 88.8 Å². The van der Waals surface area contributed by atoms with E-state index in [1.54, 1.807) is 5.56 Å². The molecule has 2 saturated carbocycles. The average Bonchev–Trinajstić information content (AvgIpc) is 2.86. The maximum atomic E-state index is 2.68. The van der Waals surface area contributed by atoms with Crippen molar-refractivity contribution in [2.45, 2.75) is 122 Å². The molecule has 1 aromatic carbocycles. The van der Waals surface area contributed by atoms with Crippen LogP contribution >= 0.6 is 0 Å². The molecule has 3 aliphatic carbocycles. The fourth-order valence-corrected chi connectivity index (χ4v) is 7.38. The van der Waals surface area contributed by atoms with Crippen LogP contribution in [0.25, 0.3) is 0 Å². The van der Waals surface area contributed by atoms with E-state index in [2.05, 4.69) is 50.3 Å². The standard InChI is InChI=1S/C32H50/c1-3-5-6-8-26-11-15-28(16-12-26)30-19-23-32(24-20-30)31-21-17-29(18-22-31)27-13-9-25(7-4-2)10-14-27/h11-12,15-17,21,25,27,29-32H,3-10,13-14,18-20,22-24H2,1-2H3. The van der Waals surface area contributed by atoms with Gasteiger partial charge in [0.15, 0.2) is 0 Å². The van der Waals surface area contributed by atoms with Crippen molar-refractivity contribution in [1.29, 1.82) is 0 Å². The number of benzene rings is 1. The molecule has 3 aliphatic rings. The fourth-order valence-electron chi connectivity index (χ4n) is 7.38. The zero-order chi connectivity index (χ0) is 22.2. The van der Waals surface area contributed by atoms with Gasteiger partial charge in [-0.2, -0.15) is 0 Å². The fraction of sp³-hybridized carbons (Fsp3) is 0.750. The third-order valence-electron chi connectivity index (χ3n) is 9.53. The largest absolute Gasteiger partial charge is 0.0849 e. The van der Waals surface area contributed by atoms with Gasteiger partial charge in [0, 0.05) is 0 Å². The molecule has 0 saturated heterocycles. The molecule has 178 valence electrons. The van der Waals surface area contributed by atoms with Gasteiger partial charge in [0.05, 0.1) is 0 Å². The van der Waals surface area contributed by atoms with E-state index in [0.29, 0.717) is 0 Å². The van der Waals surface area contributed by atoms with Crippen LogP contribution in [0, 0.1) is 29.6 Å². The van der Waals surface area contributed by atoms with Crippen molar-refractivity contribution in [1.82, 2.24) is 0 Å². The topological polar surface area (TPSA) is 0 Å². The normalized spacial score (nSPS) is 33.3. The van der Waals surface area contributed by atoms with E-state index in [9.17, 15) is 0 Å². The highest BCUT2D eigenvalue weighted by molar-refractivity contribution is 5.26. The number of unbranched alkanes of at least 4 members (excludes halogenated alkanes) is 2. The van der Waals surface area contributed by atoms with E-state index in [0.717, 1.165) is 35.5 Å². The van der Waals surface area contributed by atoms with Crippen LogP contribution in [0.5, 0.6) is 0 Å². The molecule has 1 aromatic rings. The first-order chi connectivity index (χ1) is 15.8. The minimum atomic E-state index is 0.814. The van der Waals surface area contributed by atoms with Crippen LogP contribution < -0.4 is 0 Å². The summed E-state index contributed by atoms with van der Waals surface area (Å²) in [5.74, 6) is 5.60. The molecule has 32 heavy (non-hydrogen) atoms. The van der Waals surface area contributed by atoms with Gasteiger partial charge in [-0.15, -0.1) is 0 Å². The van der Waals surface area contributed by atoms with Crippen molar-refractivity contribution in [2.75, 3.05) is 0 Å². The summed E-state index contributed by atoms with van der Waals surface area (Å²) in [4.78, 5) is 0. The molecule has 2 unspecified atom stereocenters.